The summed E-state index contributed by atoms with van der Waals surface area (Å²) in [6.45, 7) is 2.03. The van der Waals surface area contributed by atoms with Gasteiger partial charge in [0.15, 0.2) is 0 Å². The Morgan fingerprint density at radius 2 is 1.52 bits per heavy atom. The number of carbonyl (C=O) groups is 1. The van der Waals surface area contributed by atoms with Gasteiger partial charge in [-0.15, -0.1) is 0 Å². The molecule has 1 aliphatic carbocycles. The molecule has 0 saturated heterocycles. The fraction of sp³-hybridized carbons (Fsp3) is 0.381. The fourth-order valence-corrected chi connectivity index (χ4v) is 3.37. The zero-order chi connectivity index (χ0) is 16.1. The third-order valence-corrected chi connectivity index (χ3v) is 4.83. The summed E-state index contributed by atoms with van der Waals surface area (Å²) in [4.78, 5) is 12.3. The van der Waals surface area contributed by atoms with E-state index in [1.165, 1.54) is 32.1 Å². The van der Waals surface area contributed by atoms with E-state index >= 15 is 0 Å². The van der Waals surface area contributed by atoms with Crippen molar-refractivity contribution < 1.29 is 9.53 Å². The highest BCUT2D eigenvalue weighted by molar-refractivity contribution is 5.90. The van der Waals surface area contributed by atoms with Crippen LogP contribution in [0.1, 0.15) is 49.4 Å². The van der Waals surface area contributed by atoms with Crippen molar-refractivity contribution in [2.45, 2.75) is 45.1 Å². The Morgan fingerprint density at radius 3 is 2.17 bits per heavy atom. The van der Waals surface area contributed by atoms with Gasteiger partial charge >= 0.3 is 5.97 Å². The average molecular weight is 308 g/mol. The van der Waals surface area contributed by atoms with Crippen LogP contribution in [0.25, 0.3) is 11.1 Å². The van der Waals surface area contributed by atoms with Crippen molar-refractivity contribution in [3.05, 3.63) is 60.2 Å². The predicted octanol–water partition coefficient (Wildman–Crippen LogP) is 5.48. The van der Waals surface area contributed by atoms with Crippen LogP contribution in [0.4, 0.5) is 0 Å². The third kappa shape index (κ3) is 4.01. The molecule has 1 unspecified atom stereocenters. The first-order valence-electron chi connectivity index (χ1n) is 8.60. The lowest BCUT2D eigenvalue weighted by atomic mass is 9.86. The molecule has 0 aliphatic heterocycles. The first-order valence-corrected chi connectivity index (χ1v) is 8.60. The van der Waals surface area contributed by atoms with E-state index in [9.17, 15) is 4.79 Å². The molecule has 1 fully saturated rings. The maximum Gasteiger partial charge on any atom is 0.338 e. The maximum atomic E-state index is 12.3. The lowest BCUT2D eigenvalue weighted by molar-refractivity contribution is 0.0141. The first kappa shape index (κ1) is 15.8. The smallest absolute Gasteiger partial charge is 0.338 e. The van der Waals surface area contributed by atoms with E-state index in [4.69, 9.17) is 4.74 Å². The van der Waals surface area contributed by atoms with E-state index in [0.29, 0.717) is 11.5 Å². The summed E-state index contributed by atoms with van der Waals surface area (Å²) in [5.41, 5.74) is 2.90. The summed E-state index contributed by atoms with van der Waals surface area (Å²) in [6.07, 6.45) is 6.22. The molecular formula is C21H24O2. The Hall–Kier alpha value is -2.09. The van der Waals surface area contributed by atoms with Crippen LogP contribution in [-0.2, 0) is 4.74 Å². The number of hydrogen-bond acceptors (Lipinski definition) is 2. The Labute approximate surface area is 138 Å². The molecule has 2 heteroatoms. The van der Waals surface area contributed by atoms with Crippen molar-refractivity contribution in [3.63, 3.8) is 0 Å². The van der Waals surface area contributed by atoms with Gasteiger partial charge < -0.3 is 4.74 Å². The largest absolute Gasteiger partial charge is 0.459 e. The molecule has 2 aromatic carbocycles. The van der Waals surface area contributed by atoms with E-state index < -0.39 is 0 Å². The number of rotatable bonds is 4. The number of ether oxygens (including phenoxy) is 1. The number of benzene rings is 2. The molecule has 0 spiro atoms. The van der Waals surface area contributed by atoms with Gasteiger partial charge in [-0.1, -0.05) is 61.7 Å². The van der Waals surface area contributed by atoms with E-state index in [2.05, 4.69) is 12.1 Å². The third-order valence-electron chi connectivity index (χ3n) is 4.83. The van der Waals surface area contributed by atoms with Crippen LogP contribution in [-0.4, -0.2) is 12.1 Å². The minimum absolute atomic E-state index is 0.0107. The standard InChI is InChI=1S/C21H24O2/c1-16(17-8-4-2-5-9-17)23-21(22)20-14-12-19(13-15-20)18-10-6-3-7-11-18/h3,6-7,10-17H,2,4-5,8-9H2,1H3. The molecule has 1 aliphatic rings. The molecule has 120 valence electrons. The minimum Gasteiger partial charge on any atom is -0.459 e. The summed E-state index contributed by atoms with van der Waals surface area (Å²) in [5.74, 6) is 0.318. The van der Waals surface area contributed by atoms with Crippen LogP contribution in [0.2, 0.25) is 0 Å². The Bertz CT molecular complexity index is 625. The summed E-state index contributed by atoms with van der Waals surface area (Å²) in [6, 6.07) is 17.9. The SMILES string of the molecule is CC(OC(=O)c1ccc(-c2ccccc2)cc1)C1CCCCC1. The van der Waals surface area contributed by atoms with Gasteiger partial charge in [-0.2, -0.15) is 0 Å². The van der Waals surface area contributed by atoms with Crippen LogP contribution in [0.15, 0.2) is 54.6 Å². The Balaban J connectivity index is 1.63. The second-order valence-electron chi connectivity index (χ2n) is 6.45. The summed E-state index contributed by atoms with van der Waals surface area (Å²) in [7, 11) is 0. The highest BCUT2D eigenvalue weighted by atomic mass is 16.5. The maximum absolute atomic E-state index is 12.3. The van der Waals surface area contributed by atoms with Crippen LogP contribution >= 0.6 is 0 Å². The molecule has 0 radical (unpaired) electrons. The summed E-state index contributed by atoms with van der Waals surface area (Å²) < 4.78 is 5.68. The van der Waals surface area contributed by atoms with Crippen molar-refractivity contribution in [2.24, 2.45) is 5.92 Å². The predicted molar refractivity (Wildman–Crippen MR) is 93.3 cm³/mol. The quantitative estimate of drug-likeness (QED) is 0.699. The highest BCUT2D eigenvalue weighted by Gasteiger charge is 2.23. The van der Waals surface area contributed by atoms with Gasteiger partial charge in [0.2, 0.25) is 0 Å². The minimum atomic E-state index is -0.206. The van der Waals surface area contributed by atoms with Gasteiger partial charge in [0.1, 0.15) is 6.10 Å². The highest BCUT2D eigenvalue weighted by Crippen LogP contribution is 2.28. The van der Waals surface area contributed by atoms with Crippen LogP contribution in [0.5, 0.6) is 0 Å². The molecule has 2 aromatic rings. The van der Waals surface area contributed by atoms with E-state index in [1.807, 2.05) is 49.4 Å². The zero-order valence-corrected chi connectivity index (χ0v) is 13.7. The topological polar surface area (TPSA) is 26.3 Å². The van der Waals surface area contributed by atoms with E-state index in [0.717, 1.165) is 11.1 Å². The molecule has 1 atom stereocenters. The second-order valence-corrected chi connectivity index (χ2v) is 6.45. The number of carbonyl (C=O) groups excluding carboxylic acids is 1. The van der Waals surface area contributed by atoms with Gasteiger partial charge in [-0.3, -0.25) is 0 Å². The summed E-state index contributed by atoms with van der Waals surface area (Å²) >= 11 is 0. The summed E-state index contributed by atoms with van der Waals surface area (Å²) in [5, 5.41) is 0. The van der Waals surface area contributed by atoms with Gasteiger partial charge in [-0.25, -0.2) is 4.79 Å². The Kier molecular flexibility index (Phi) is 5.12. The molecule has 23 heavy (non-hydrogen) atoms. The van der Waals surface area contributed by atoms with Gasteiger partial charge in [-0.05, 0) is 48.9 Å². The molecular weight excluding hydrogens is 284 g/mol. The normalized spacial score (nSPS) is 16.7. The molecule has 1 saturated carbocycles. The van der Waals surface area contributed by atoms with Crippen molar-refractivity contribution in [1.82, 2.24) is 0 Å². The molecule has 3 rings (SSSR count). The monoisotopic (exact) mass is 308 g/mol. The van der Waals surface area contributed by atoms with Crippen molar-refractivity contribution >= 4 is 5.97 Å². The lowest BCUT2D eigenvalue weighted by Gasteiger charge is -2.27. The molecule has 0 aromatic heterocycles. The molecule has 2 nitrogen and oxygen atoms in total. The molecule has 0 amide bonds. The number of esters is 1. The van der Waals surface area contributed by atoms with Crippen LogP contribution in [0, 0.1) is 5.92 Å². The van der Waals surface area contributed by atoms with E-state index in [-0.39, 0.29) is 12.1 Å². The van der Waals surface area contributed by atoms with Crippen LogP contribution < -0.4 is 0 Å². The number of hydrogen-bond donors (Lipinski definition) is 0. The van der Waals surface area contributed by atoms with Gasteiger partial charge in [0.05, 0.1) is 5.56 Å². The van der Waals surface area contributed by atoms with Crippen molar-refractivity contribution in [1.29, 1.82) is 0 Å². The van der Waals surface area contributed by atoms with Gasteiger partial charge in [0, 0.05) is 0 Å². The molecule has 0 bridgehead atoms. The fourth-order valence-electron chi connectivity index (χ4n) is 3.37. The van der Waals surface area contributed by atoms with E-state index in [1.54, 1.807) is 0 Å². The Morgan fingerprint density at radius 1 is 0.913 bits per heavy atom. The average Bonchev–Trinajstić information content (AvgIpc) is 2.63. The van der Waals surface area contributed by atoms with Crippen LogP contribution in [0.3, 0.4) is 0 Å². The second kappa shape index (κ2) is 7.45. The molecule has 0 heterocycles. The molecule has 0 N–H and O–H groups in total. The van der Waals surface area contributed by atoms with Crippen molar-refractivity contribution in [2.75, 3.05) is 0 Å². The van der Waals surface area contributed by atoms with Crippen molar-refractivity contribution in [3.8, 4) is 11.1 Å². The van der Waals surface area contributed by atoms with Gasteiger partial charge in [0.25, 0.3) is 0 Å². The first-order chi connectivity index (χ1) is 11.2. The zero-order valence-electron chi connectivity index (χ0n) is 13.7. The lowest BCUT2D eigenvalue weighted by Crippen LogP contribution is -2.25.